The lowest BCUT2D eigenvalue weighted by Crippen LogP contribution is -2.32. The Morgan fingerprint density at radius 2 is 2.35 bits per heavy atom. The normalized spacial score (nSPS) is 14.9. The van der Waals surface area contributed by atoms with E-state index in [1.54, 1.807) is 6.20 Å². The monoisotopic (exact) mass is 234 g/mol. The van der Waals surface area contributed by atoms with Crippen LogP contribution in [0.2, 0.25) is 0 Å². The first-order valence-corrected chi connectivity index (χ1v) is 5.47. The van der Waals surface area contributed by atoms with Gasteiger partial charge in [0.25, 0.3) is 6.54 Å². The van der Waals surface area contributed by atoms with Crippen LogP contribution in [0.4, 0.5) is 0 Å². The number of aryl methyl sites for hydroxylation is 1. The Labute approximate surface area is 99.1 Å². The summed E-state index contributed by atoms with van der Waals surface area (Å²) in [5, 5.41) is 10.5. The number of hydrogen-bond donors (Lipinski definition) is 0. The summed E-state index contributed by atoms with van der Waals surface area (Å²) in [5.74, 6) is 0.565. The average molecular weight is 234 g/mol. The van der Waals surface area contributed by atoms with Gasteiger partial charge in [-0.3, -0.25) is 20.1 Å². The molecule has 17 heavy (non-hydrogen) atoms. The van der Waals surface area contributed by atoms with Gasteiger partial charge in [0.05, 0.1) is 6.54 Å². The van der Waals surface area contributed by atoms with E-state index in [4.69, 9.17) is 0 Å². The van der Waals surface area contributed by atoms with E-state index in [2.05, 4.69) is 9.98 Å². The first-order chi connectivity index (χ1) is 8.15. The second-order valence-corrected chi connectivity index (χ2v) is 4.02. The molecule has 2 heterocycles. The van der Waals surface area contributed by atoms with Crippen LogP contribution in [-0.2, 0) is 6.54 Å². The number of aromatic nitrogens is 1. The van der Waals surface area contributed by atoms with Gasteiger partial charge in [-0.05, 0) is 18.6 Å². The van der Waals surface area contributed by atoms with Gasteiger partial charge in [0.2, 0.25) is 0 Å². The second-order valence-electron chi connectivity index (χ2n) is 4.02. The number of nitro groups is 1. The average Bonchev–Trinajstić information content (AvgIpc) is 2.68. The maximum atomic E-state index is 10.5. The van der Waals surface area contributed by atoms with Crippen LogP contribution in [0.25, 0.3) is 0 Å². The van der Waals surface area contributed by atoms with Crippen molar-refractivity contribution in [2.45, 2.75) is 13.5 Å². The van der Waals surface area contributed by atoms with Crippen molar-refractivity contribution < 1.29 is 4.92 Å². The van der Waals surface area contributed by atoms with Crippen molar-refractivity contribution in [1.29, 1.82) is 0 Å². The number of amidine groups is 1. The smallest absolute Gasteiger partial charge is 0.260 e. The second kappa shape index (κ2) is 4.90. The maximum absolute atomic E-state index is 10.5. The van der Waals surface area contributed by atoms with Gasteiger partial charge >= 0.3 is 0 Å². The van der Waals surface area contributed by atoms with Crippen molar-refractivity contribution in [2.75, 3.05) is 19.6 Å². The molecule has 0 fully saturated rings. The van der Waals surface area contributed by atoms with Crippen LogP contribution in [0, 0.1) is 17.0 Å². The molecule has 2 rings (SSSR count). The van der Waals surface area contributed by atoms with E-state index >= 15 is 0 Å². The first kappa shape index (κ1) is 11.5. The Bertz CT molecular complexity index is 441. The van der Waals surface area contributed by atoms with Crippen molar-refractivity contribution in [2.24, 2.45) is 4.99 Å². The summed E-state index contributed by atoms with van der Waals surface area (Å²) in [6.45, 7) is 3.76. The summed E-state index contributed by atoms with van der Waals surface area (Å²) < 4.78 is 0. The molecule has 0 aliphatic carbocycles. The minimum absolute atomic E-state index is 0.195. The fraction of sp³-hybridized carbons (Fsp3) is 0.455. The molecule has 0 unspecified atom stereocenters. The SMILES string of the molecule is Cc1ccc(CN2CCN=C2C[N+](=O)[O-])cn1. The minimum atomic E-state index is -0.343. The fourth-order valence-corrected chi connectivity index (χ4v) is 1.78. The topological polar surface area (TPSA) is 71.6 Å². The van der Waals surface area contributed by atoms with E-state index in [1.807, 2.05) is 24.0 Å². The van der Waals surface area contributed by atoms with E-state index in [9.17, 15) is 10.1 Å². The lowest BCUT2D eigenvalue weighted by atomic mass is 10.2. The molecule has 90 valence electrons. The van der Waals surface area contributed by atoms with Crippen LogP contribution in [-0.4, -0.2) is 40.3 Å². The van der Waals surface area contributed by atoms with E-state index < -0.39 is 0 Å². The third-order valence-corrected chi connectivity index (χ3v) is 2.65. The van der Waals surface area contributed by atoms with Gasteiger partial charge in [0.1, 0.15) is 0 Å². The zero-order valence-electron chi connectivity index (χ0n) is 9.67. The molecule has 0 spiro atoms. The van der Waals surface area contributed by atoms with E-state index in [1.165, 1.54) is 0 Å². The zero-order chi connectivity index (χ0) is 12.3. The predicted octanol–water partition coefficient (Wildman–Crippen LogP) is 0.881. The van der Waals surface area contributed by atoms with E-state index in [-0.39, 0.29) is 11.5 Å². The molecule has 0 aromatic carbocycles. The van der Waals surface area contributed by atoms with Crippen molar-refractivity contribution in [3.8, 4) is 0 Å². The van der Waals surface area contributed by atoms with Crippen LogP contribution >= 0.6 is 0 Å². The van der Waals surface area contributed by atoms with Crippen molar-refractivity contribution in [3.05, 3.63) is 39.7 Å². The number of hydrogen-bond acceptors (Lipinski definition) is 5. The van der Waals surface area contributed by atoms with Crippen LogP contribution in [0.5, 0.6) is 0 Å². The molecule has 0 saturated carbocycles. The zero-order valence-corrected chi connectivity index (χ0v) is 9.67. The molecule has 6 nitrogen and oxygen atoms in total. The summed E-state index contributed by atoms with van der Waals surface area (Å²) in [5.41, 5.74) is 2.02. The Kier molecular flexibility index (Phi) is 3.32. The van der Waals surface area contributed by atoms with Gasteiger partial charge in [-0.15, -0.1) is 0 Å². The van der Waals surface area contributed by atoms with Gasteiger partial charge in [0.15, 0.2) is 5.84 Å². The molecule has 1 aromatic heterocycles. The van der Waals surface area contributed by atoms with Crippen molar-refractivity contribution in [1.82, 2.24) is 9.88 Å². The molecule has 0 atom stereocenters. The van der Waals surface area contributed by atoms with Crippen molar-refractivity contribution in [3.63, 3.8) is 0 Å². The fourth-order valence-electron chi connectivity index (χ4n) is 1.78. The summed E-state index contributed by atoms with van der Waals surface area (Å²) in [6, 6.07) is 3.93. The lowest BCUT2D eigenvalue weighted by molar-refractivity contribution is -0.464. The first-order valence-electron chi connectivity index (χ1n) is 5.47. The molecule has 0 N–H and O–H groups in total. The molecule has 1 aromatic rings. The van der Waals surface area contributed by atoms with Gasteiger partial charge in [-0.25, -0.2) is 0 Å². The molecular weight excluding hydrogens is 220 g/mol. The third-order valence-electron chi connectivity index (χ3n) is 2.65. The highest BCUT2D eigenvalue weighted by atomic mass is 16.6. The molecule has 1 aliphatic heterocycles. The number of nitrogens with zero attached hydrogens (tertiary/aromatic N) is 4. The Morgan fingerprint density at radius 1 is 1.53 bits per heavy atom. The molecule has 0 bridgehead atoms. The summed E-state index contributed by atoms with van der Waals surface area (Å²) in [6.07, 6.45) is 1.80. The highest BCUT2D eigenvalue weighted by molar-refractivity contribution is 5.84. The Hall–Kier alpha value is -1.98. The molecule has 0 saturated heterocycles. The van der Waals surface area contributed by atoms with E-state index in [0.717, 1.165) is 17.8 Å². The van der Waals surface area contributed by atoms with Crippen LogP contribution in [0.15, 0.2) is 23.3 Å². The highest BCUT2D eigenvalue weighted by Gasteiger charge is 2.21. The van der Waals surface area contributed by atoms with Crippen LogP contribution < -0.4 is 0 Å². The standard InChI is InChI=1S/C11H14N4O2/c1-9-2-3-10(6-13-9)7-14-5-4-12-11(14)8-15(16)17/h2-3,6H,4-5,7-8H2,1H3. The minimum Gasteiger partial charge on any atom is -0.349 e. The van der Waals surface area contributed by atoms with Crippen molar-refractivity contribution >= 4 is 5.84 Å². The molecule has 1 aliphatic rings. The van der Waals surface area contributed by atoms with Crippen LogP contribution in [0.3, 0.4) is 0 Å². The largest absolute Gasteiger partial charge is 0.349 e. The summed E-state index contributed by atoms with van der Waals surface area (Å²) in [7, 11) is 0. The maximum Gasteiger partial charge on any atom is 0.260 e. The molecule has 0 amide bonds. The molecule has 0 radical (unpaired) electrons. The van der Waals surface area contributed by atoms with Gasteiger partial charge < -0.3 is 4.90 Å². The number of aliphatic imine (C=N–C) groups is 1. The van der Waals surface area contributed by atoms with E-state index in [0.29, 0.717) is 18.9 Å². The third kappa shape index (κ3) is 2.99. The quantitative estimate of drug-likeness (QED) is 0.572. The van der Waals surface area contributed by atoms with Gasteiger partial charge in [-0.1, -0.05) is 6.07 Å². The molecule has 6 heteroatoms. The Balaban J connectivity index is 2.01. The highest BCUT2D eigenvalue weighted by Crippen LogP contribution is 2.09. The van der Waals surface area contributed by atoms with Crippen LogP contribution in [0.1, 0.15) is 11.3 Å². The predicted molar refractivity (Wildman–Crippen MR) is 63.5 cm³/mol. The lowest BCUT2D eigenvalue weighted by Gasteiger charge is -2.17. The molecular formula is C11H14N4O2. The summed E-state index contributed by atoms with van der Waals surface area (Å²) >= 11 is 0. The number of rotatable bonds is 4. The van der Waals surface area contributed by atoms with Gasteiger partial charge in [0, 0.05) is 29.9 Å². The summed E-state index contributed by atoms with van der Waals surface area (Å²) in [4.78, 5) is 20.4. The van der Waals surface area contributed by atoms with Gasteiger partial charge in [-0.2, -0.15) is 0 Å². The number of pyridine rings is 1. The Morgan fingerprint density at radius 3 is 3.00 bits per heavy atom.